The van der Waals surface area contributed by atoms with Crippen molar-refractivity contribution in [1.29, 1.82) is 0 Å². The van der Waals surface area contributed by atoms with E-state index in [2.05, 4.69) is 30.2 Å². The van der Waals surface area contributed by atoms with Crippen LogP contribution in [-0.2, 0) is 0 Å². The first-order valence-corrected chi connectivity index (χ1v) is 6.84. The predicted octanol–water partition coefficient (Wildman–Crippen LogP) is 4.28. The lowest BCUT2D eigenvalue weighted by atomic mass is 9.78. The van der Waals surface area contributed by atoms with E-state index >= 15 is 0 Å². The fourth-order valence-electron chi connectivity index (χ4n) is 2.64. The number of hydrogen-bond donors (Lipinski definition) is 1. The van der Waals surface area contributed by atoms with Crippen LogP contribution in [0.5, 0.6) is 0 Å². The molecule has 0 saturated heterocycles. The lowest BCUT2D eigenvalue weighted by Gasteiger charge is -2.35. The van der Waals surface area contributed by atoms with Crippen LogP contribution in [0.3, 0.4) is 0 Å². The summed E-state index contributed by atoms with van der Waals surface area (Å²) in [7, 11) is 0. The number of rotatable bonds is 2. The van der Waals surface area contributed by atoms with Gasteiger partial charge in [0.2, 0.25) is 0 Å². The van der Waals surface area contributed by atoms with Gasteiger partial charge in [0, 0.05) is 12.2 Å². The van der Waals surface area contributed by atoms with Gasteiger partial charge in [0.05, 0.1) is 5.69 Å². The molecule has 0 amide bonds. The van der Waals surface area contributed by atoms with E-state index in [1.165, 1.54) is 19.3 Å². The SMILES string of the molecule is Cc1cnc(Cl)c(NC2CCCC(C)C2C)c1. The van der Waals surface area contributed by atoms with Crippen LogP contribution in [0.4, 0.5) is 5.69 Å². The first-order valence-electron chi connectivity index (χ1n) is 6.46. The maximum absolute atomic E-state index is 6.13. The van der Waals surface area contributed by atoms with Gasteiger partial charge in [0.15, 0.2) is 5.15 Å². The van der Waals surface area contributed by atoms with Gasteiger partial charge in [-0.15, -0.1) is 0 Å². The van der Waals surface area contributed by atoms with Gasteiger partial charge in [-0.1, -0.05) is 38.3 Å². The minimum Gasteiger partial charge on any atom is -0.380 e. The molecular formula is C14H21ClN2. The topological polar surface area (TPSA) is 24.9 Å². The molecule has 0 radical (unpaired) electrons. The van der Waals surface area contributed by atoms with Gasteiger partial charge >= 0.3 is 0 Å². The average molecular weight is 253 g/mol. The summed E-state index contributed by atoms with van der Waals surface area (Å²) in [5, 5.41) is 4.16. The molecule has 1 saturated carbocycles. The van der Waals surface area contributed by atoms with Crippen LogP contribution in [-0.4, -0.2) is 11.0 Å². The van der Waals surface area contributed by atoms with E-state index in [9.17, 15) is 0 Å². The van der Waals surface area contributed by atoms with Gasteiger partial charge in [-0.25, -0.2) is 4.98 Å². The molecule has 1 aromatic heterocycles. The molecule has 0 aliphatic heterocycles. The summed E-state index contributed by atoms with van der Waals surface area (Å²) in [4.78, 5) is 4.19. The fraction of sp³-hybridized carbons (Fsp3) is 0.643. The van der Waals surface area contributed by atoms with Crippen LogP contribution in [0.25, 0.3) is 0 Å². The molecule has 3 unspecified atom stereocenters. The third-order valence-electron chi connectivity index (χ3n) is 4.02. The Hall–Kier alpha value is -0.760. The van der Waals surface area contributed by atoms with Crippen LogP contribution in [0.1, 0.15) is 38.7 Å². The number of nitrogens with zero attached hydrogens (tertiary/aromatic N) is 1. The van der Waals surface area contributed by atoms with Gasteiger partial charge in [-0.2, -0.15) is 0 Å². The van der Waals surface area contributed by atoms with Crippen LogP contribution in [0, 0.1) is 18.8 Å². The molecule has 3 heteroatoms. The van der Waals surface area contributed by atoms with Gasteiger partial charge in [0.1, 0.15) is 0 Å². The average Bonchev–Trinajstić information content (AvgIpc) is 2.30. The molecular weight excluding hydrogens is 232 g/mol. The van der Waals surface area contributed by atoms with Gasteiger partial charge < -0.3 is 5.32 Å². The van der Waals surface area contributed by atoms with E-state index in [1.807, 2.05) is 6.92 Å². The lowest BCUT2D eigenvalue weighted by Crippen LogP contribution is -2.35. The van der Waals surface area contributed by atoms with Crippen LogP contribution in [0.15, 0.2) is 12.3 Å². The lowest BCUT2D eigenvalue weighted by molar-refractivity contribution is 0.253. The van der Waals surface area contributed by atoms with E-state index in [4.69, 9.17) is 11.6 Å². The van der Waals surface area contributed by atoms with E-state index < -0.39 is 0 Å². The molecule has 0 spiro atoms. The summed E-state index contributed by atoms with van der Waals surface area (Å²) in [5.41, 5.74) is 2.13. The second kappa shape index (κ2) is 5.26. The van der Waals surface area contributed by atoms with E-state index in [0.717, 1.165) is 17.2 Å². The first-order chi connectivity index (χ1) is 8.08. The highest BCUT2D eigenvalue weighted by Crippen LogP contribution is 2.32. The Morgan fingerprint density at radius 1 is 1.35 bits per heavy atom. The number of pyridine rings is 1. The molecule has 17 heavy (non-hydrogen) atoms. The van der Waals surface area contributed by atoms with Crippen molar-refractivity contribution in [3.8, 4) is 0 Å². The molecule has 1 N–H and O–H groups in total. The minimum atomic E-state index is 0.528. The number of aromatic nitrogens is 1. The largest absolute Gasteiger partial charge is 0.380 e. The summed E-state index contributed by atoms with van der Waals surface area (Å²) in [6.45, 7) is 6.72. The Bertz CT molecular complexity index is 392. The monoisotopic (exact) mass is 252 g/mol. The van der Waals surface area contributed by atoms with Crippen molar-refractivity contribution >= 4 is 17.3 Å². The van der Waals surface area contributed by atoms with Crippen molar-refractivity contribution < 1.29 is 0 Å². The summed E-state index contributed by atoms with van der Waals surface area (Å²) in [5.74, 6) is 1.48. The molecule has 1 aliphatic rings. The fourth-order valence-corrected chi connectivity index (χ4v) is 2.80. The summed E-state index contributed by atoms with van der Waals surface area (Å²) in [6.07, 6.45) is 5.69. The molecule has 3 atom stereocenters. The maximum Gasteiger partial charge on any atom is 0.152 e. The zero-order valence-electron chi connectivity index (χ0n) is 10.8. The number of anilines is 1. The number of aryl methyl sites for hydroxylation is 1. The van der Waals surface area contributed by atoms with E-state index in [-0.39, 0.29) is 0 Å². The van der Waals surface area contributed by atoms with E-state index in [0.29, 0.717) is 17.1 Å². The van der Waals surface area contributed by atoms with Gasteiger partial charge in [-0.05, 0) is 36.8 Å². The number of nitrogens with one attached hydrogen (secondary N) is 1. The van der Waals surface area contributed by atoms with Gasteiger partial charge in [0.25, 0.3) is 0 Å². The maximum atomic E-state index is 6.13. The van der Waals surface area contributed by atoms with Crippen molar-refractivity contribution in [1.82, 2.24) is 4.98 Å². The summed E-state index contributed by atoms with van der Waals surface area (Å²) in [6, 6.07) is 2.61. The third-order valence-corrected chi connectivity index (χ3v) is 4.32. The normalized spacial score (nSPS) is 29.1. The Morgan fingerprint density at radius 2 is 2.12 bits per heavy atom. The van der Waals surface area contributed by atoms with Crippen LogP contribution < -0.4 is 5.32 Å². The van der Waals surface area contributed by atoms with Crippen LogP contribution >= 0.6 is 11.6 Å². The molecule has 1 heterocycles. The highest BCUT2D eigenvalue weighted by molar-refractivity contribution is 6.31. The van der Waals surface area contributed by atoms with Crippen molar-refractivity contribution in [2.24, 2.45) is 11.8 Å². The molecule has 1 aliphatic carbocycles. The van der Waals surface area contributed by atoms with Gasteiger partial charge in [-0.3, -0.25) is 0 Å². The second-order valence-corrected chi connectivity index (χ2v) is 5.73. The molecule has 2 nitrogen and oxygen atoms in total. The predicted molar refractivity (Wildman–Crippen MR) is 73.6 cm³/mol. The Labute approximate surface area is 109 Å². The molecule has 94 valence electrons. The molecule has 0 aromatic carbocycles. The molecule has 1 fully saturated rings. The summed E-state index contributed by atoms with van der Waals surface area (Å²) < 4.78 is 0. The Kier molecular flexibility index (Phi) is 3.93. The van der Waals surface area contributed by atoms with Crippen molar-refractivity contribution in [2.75, 3.05) is 5.32 Å². The number of hydrogen-bond acceptors (Lipinski definition) is 2. The first kappa shape index (κ1) is 12.7. The third kappa shape index (κ3) is 2.92. The van der Waals surface area contributed by atoms with Crippen LogP contribution in [0.2, 0.25) is 5.15 Å². The molecule has 1 aromatic rings. The van der Waals surface area contributed by atoms with E-state index in [1.54, 1.807) is 6.20 Å². The zero-order valence-corrected chi connectivity index (χ0v) is 11.6. The highest BCUT2D eigenvalue weighted by Gasteiger charge is 2.27. The molecule has 2 rings (SSSR count). The smallest absolute Gasteiger partial charge is 0.152 e. The van der Waals surface area contributed by atoms with Crippen molar-refractivity contribution in [2.45, 2.75) is 46.1 Å². The highest BCUT2D eigenvalue weighted by atomic mass is 35.5. The quantitative estimate of drug-likeness (QED) is 0.795. The summed E-state index contributed by atoms with van der Waals surface area (Å²) >= 11 is 6.13. The minimum absolute atomic E-state index is 0.528. The second-order valence-electron chi connectivity index (χ2n) is 5.37. The number of halogens is 1. The van der Waals surface area contributed by atoms with Crippen molar-refractivity contribution in [3.05, 3.63) is 23.0 Å². The standard InChI is InChI=1S/C14H21ClN2/c1-9-7-13(14(15)16-8-9)17-12-6-4-5-10(2)11(12)3/h7-8,10-12,17H,4-6H2,1-3H3. The van der Waals surface area contributed by atoms with Crippen molar-refractivity contribution in [3.63, 3.8) is 0 Å². The Morgan fingerprint density at radius 3 is 2.88 bits per heavy atom. The Balaban J connectivity index is 2.11. The molecule has 0 bridgehead atoms. The zero-order chi connectivity index (χ0) is 12.4.